The second kappa shape index (κ2) is 5.89. The first-order valence-electron chi connectivity index (χ1n) is 6.46. The normalized spacial score (nSPS) is 18.7. The minimum atomic E-state index is 0.166. The Morgan fingerprint density at radius 1 is 1.25 bits per heavy atom. The number of carbonyl (C=O) groups is 1. The van der Waals surface area contributed by atoms with Crippen molar-refractivity contribution < 1.29 is 9.90 Å². The van der Waals surface area contributed by atoms with Gasteiger partial charge in [0.1, 0.15) is 11.1 Å². The van der Waals surface area contributed by atoms with Gasteiger partial charge in [0.05, 0.1) is 5.75 Å². The zero-order valence-corrected chi connectivity index (χ0v) is 12.5. The summed E-state index contributed by atoms with van der Waals surface area (Å²) in [6.07, 6.45) is 0.814. The highest BCUT2D eigenvalue weighted by Crippen LogP contribution is 2.40. The number of hydrogen-bond donors (Lipinski definition) is 1. The van der Waals surface area contributed by atoms with Gasteiger partial charge in [-0.2, -0.15) is 0 Å². The third kappa shape index (κ3) is 2.83. The number of carbonyl (C=O) groups excluding carboxylic acids is 1. The van der Waals surface area contributed by atoms with Crippen molar-refractivity contribution in [1.82, 2.24) is 4.90 Å². The molecule has 104 valence electrons. The van der Waals surface area contributed by atoms with Crippen LogP contribution in [0.3, 0.4) is 0 Å². The number of hydrogen-bond acceptors (Lipinski definition) is 4. The molecule has 3 nitrogen and oxygen atoms in total. The van der Waals surface area contributed by atoms with Crippen molar-refractivity contribution in [1.29, 1.82) is 0 Å². The SMILES string of the molecule is O=C1CSC(c2cccs2)N1CCc1ccc(O)cc1. The lowest BCUT2D eigenvalue weighted by Crippen LogP contribution is -2.29. The van der Waals surface area contributed by atoms with Gasteiger partial charge < -0.3 is 10.0 Å². The zero-order chi connectivity index (χ0) is 13.9. The molecule has 1 aliphatic heterocycles. The van der Waals surface area contributed by atoms with Crippen LogP contribution in [0.25, 0.3) is 0 Å². The number of nitrogens with zero attached hydrogens (tertiary/aromatic N) is 1. The van der Waals surface area contributed by atoms with Gasteiger partial charge in [-0.25, -0.2) is 0 Å². The molecule has 1 aliphatic rings. The van der Waals surface area contributed by atoms with Gasteiger partial charge in [0.15, 0.2) is 0 Å². The van der Waals surface area contributed by atoms with Gasteiger partial charge in [0, 0.05) is 11.4 Å². The molecule has 1 aromatic heterocycles. The highest BCUT2D eigenvalue weighted by molar-refractivity contribution is 8.00. The summed E-state index contributed by atoms with van der Waals surface area (Å²) in [4.78, 5) is 15.2. The molecule has 2 aromatic rings. The smallest absolute Gasteiger partial charge is 0.233 e. The van der Waals surface area contributed by atoms with Crippen LogP contribution in [0.1, 0.15) is 15.8 Å². The van der Waals surface area contributed by atoms with E-state index in [0.29, 0.717) is 5.75 Å². The molecule has 1 saturated heterocycles. The van der Waals surface area contributed by atoms with Gasteiger partial charge in [-0.15, -0.1) is 23.1 Å². The van der Waals surface area contributed by atoms with Crippen LogP contribution in [0.15, 0.2) is 41.8 Å². The maximum atomic E-state index is 12.0. The second-order valence-corrected chi connectivity index (χ2v) is 6.73. The minimum absolute atomic E-state index is 0.166. The Kier molecular flexibility index (Phi) is 3.98. The minimum Gasteiger partial charge on any atom is -0.508 e. The first kappa shape index (κ1) is 13.5. The van der Waals surface area contributed by atoms with Crippen molar-refractivity contribution in [3.8, 4) is 5.75 Å². The molecule has 1 N–H and O–H groups in total. The van der Waals surface area contributed by atoms with Gasteiger partial charge in [0.2, 0.25) is 5.91 Å². The average molecular weight is 305 g/mol. The molecule has 1 aromatic carbocycles. The summed E-state index contributed by atoms with van der Waals surface area (Å²) in [6.45, 7) is 0.721. The van der Waals surface area contributed by atoms with Crippen LogP contribution in [-0.4, -0.2) is 28.2 Å². The molecule has 0 saturated carbocycles. The number of phenolic OH excluding ortho intramolecular Hbond substituents is 1. The Morgan fingerprint density at radius 2 is 2.05 bits per heavy atom. The fourth-order valence-electron chi connectivity index (χ4n) is 2.28. The molecule has 1 unspecified atom stereocenters. The van der Waals surface area contributed by atoms with Crippen LogP contribution in [0, 0.1) is 0 Å². The Bertz CT molecular complexity index is 580. The quantitative estimate of drug-likeness (QED) is 0.942. The van der Waals surface area contributed by atoms with E-state index in [2.05, 4.69) is 11.4 Å². The third-order valence-electron chi connectivity index (χ3n) is 3.33. The van der Waals surface area contributed by atoms with E-state index in [-0.39, 0.29) is 17.0 Å². The molecule has 1 atom stereocenters. The Labute approximate surface area is 126 Å². The van der Waals surface area contributed by atoms with Crippen molar-refractivity contribution in [2.45, 2.75) is 11.8 Å². The van der Waals surface area contributed by atoms with Crippen molar-refractivity contribution >= 4 is 29.0 Å². The fraction of sp³-hybridized carbons (Fsp3) is 0.267. The van der Waals surface area contributed by atoms with Crippen LogP contribution in [0.2, 0.25) is 0 Å². The van der Waals surface area contributed by atoms with Crippen LogP contribution < -0.4 is 0 Å². The monoisotopic (exact) mass is 305 g/mol. The molecule has 0 radical (unpaired) electrons. The molecular weight excluding hydrogens is 290 g/mol. The lowest BCUT2D eigenvalue weighted by Gasteiger charge is -2.23. The summed E-state index contributed by atoms with van der Waals surface area (Å²) in [6, 6.07) is 11.3. The first-order chi connectivity index (χ1) is 9.74. The van der Waals surface area contributed by atoms with Gasteiger partial charge in [-0.1, -0.05) is 18.2 Å². The average Bonchev–Trinajstić information content (AvgIpc) is 3.08. The van der Waals surface area contributed by atoms with Gasteiger partial charge in [0.25, 0.3) is 0 Å². The molecular formula is C15H15NO2S2. The fourth-order valence-corrected chi connectivity index (χ4v) is 4.47. The highest BCUT2D eigenvalue weighted by atomic mass is 32.2. The maximum Gasteiger partial charge on any atom is 0.233 e. The predicted molar refractivity (Wildman–Crippen MR) is 83.0 cm³/mol. The van der Waals surface area contributed by atoms with Gasteiger partial charge in [-0.3, -0.25) is 4.79 Å². The van der Waals surface area contributed by atoms with Gasteiger partial charge in [-0.05, 0) is 35.6 Å². The summed E-state index contributed by atoms with van der Waals surface area (Å²) < 4.78 is 0. The van der Waals surface area contributed by atoms with E-state index >= 15 is 0 Å². The van der Waals surface area contributed by atoms with E-state index in [1.807, 2.05) is 23.1 Å². The summed E-state index contributed by atoms with van der Waals surface area (Å²) in [5.74, 6) is 1.06. The van der Waals surface area contributed by atoms with Gasteiger partial charge >= 0.3 is 0 Å². The summed E-state index contributed by atoms with van der Waals surface area (Å²) >= 11 is 3.40. The number of benzene rings is 1. The van der Waals surface area contributed by atoms with Crippen LogP contribution in [0.5, 0.6) is 5.75 Å². The number of thiophene rings is 1. The van der Waals surface area contributed by atoms with E-state index in [4.69, 9.17) is 0 Å². The molecule has 3 rings (SSSR count). The first-order valence-corrected chi connectivity index (χ1v) is 8.39. The summed E-state index contributed by atoms with van der Waals surface area (Å²) in [7, 11) is 0. The molecule has 0 bridgehead atoms. The third-order valence-corrected chi connectivity index (χ3v) is 5.64. The molecule has 1 amide bonds. The van der Waals surface area contributed by atoms with Crippen molar-refractivity contribution in [2.24, 2.45) is 0 Å². The standard InChI is InChI=1S/C15H15NO2S2/c17-12-5-3-11(4-6-12)7-8-16-14(18)10-20-15(16)13-2-1-9-19-13/h1-6,9,15,17H,7-8,10H2. The van der Waals surface area contributed by atoms with Crippen LogP contribution in [0.4, 0.5) is 0 Å². The predicted octanol–water partition coefficient (Wildman–Crippen LogP) is 3.27. The maximum absolute atomic E-state index is 12.0. The lowest BCUT2D eigenvalue weighted by molar-refractivity contribution is -0.127. The van der Waals surface area contributed by atoms with Crippen LogP contribution in [-0.2, 0) is 11.2 Å². The lowest BCUT2D eigenvalue weighted by atomic mass is 10.1. The molecule has 20 heavy (non-hydrogen) atoms. The highest BCUT2D eigenvalue weighted by Gasteiger charge is 2.32. The second-order valence-electron chi connectivity index (χ2n) is 4.68. The zero-order valence-electron chi connectivity index (χ0n) is 10.9. The number of phenols is 1. The molecule has 0 spiro atoms. The van der Waals surface area contributed by atoms with E-state index in [1.54, 1.807) is 35.2 Å². The Balaban J connectivity index is 1.68. The topological polar surface area (TPSA) is 40.5 Å². The number of aromatic hydroxyl groups is 1. The summed E-state index contributed by atoms with van der Waals surface area (Å²) in [5, 5.41) is 11.5. The molecule has 2 heterocycles. The number of rotatable bonds is 4. The molecule has 0 aliphatic carbocycles. The Morgan fingerprint density at radius 3 is 2.75 bits per heavy atom. The van der Waals surface area contributed by atoms with E-state index in [1.165, 1.54) is 4.88 Å². The number of thioether (sulfide) groups is 1. The van der Waals surface area contributed by atoms with Crippen molar-refractivity contribution in [3.05, 3.63) is 52.2 Å². The van der Waals surface area contributed by atoms with E-state index < -0.39 is 0 Å². The van der Waals surface area contributed by atoms with Crippen molar-refractivity contribution in [2.75, 3.05) is 12.3 Å². The molecule has 5 heteroatoms. The number of amides is 1. The molecule has 1 fully saturated rings. The Hall–Kier alpha value is -1.46. The van der Waals surface area contributed by atoms with Crippen LogP contribution >= 0.6 is 23.1 Å². The van der Waals surface area contributed by atoms with E-state index in [9.17, 15) is 9.90 Å². The van der Waals surface area contributed by atoms with Crippen molar-refractivity contribution in [3.63, 3.8) is 0 Å². The summed E-state index contributed by atoms with van der Waals surface area (Å²) in [5.41, 5.74) is 1.14. The van der Waals surface area contributed by atoms with E-state index in [0.717, 1.165) is 18.5 Å². The largest absolute Gasteiger partial charge is 0.508 e.